The topological polar surface area (TPSA) is 80.3 Å². The highest BCUT2D eigenvalue weighted by Crippen LogP contribution is 2.22. The Bertz CT molecular complexity index is 958. The predicted octanol–water partition coefficient (Wildman–Crippen LogP) is 4.67. The molecule has 0 amide bonds. The van der Waals surface area contributed by atoms with Crippen LogP contribution in [0.15, 0.2) is 58.3 Å². The third-order valence-electron chi connectivity index (χ3n) is 4.93. The van der Waals surface area contributed by atoms with E-state index in [0.717, 1.165) is 43.5 Å². The van der Waals surface area contributed by atoms with Crippen LogP contribution in [0.2, 0.25) is 0 Å². The molecule has 0 radical (unpaired) electrons. The highest BCUT2D eigenvalue weighted by molar-refractivity contribution is 14.0. The van der Waals surface area contributed by atoms with E-state index in [9.17, 15) is 0 Å². The fourth-order valence-electron chi connectivity index (χ4n) is 3.18. The van der Waals surface area contributed by atoms with Crippen molar-refractivity contribution in [2.45, 2.75) is 65.6 Å². The quantitative estimate of drug-likeness (QED) is 0.230. The Morgan fingerprint density at radius 2 is 1.91 bits per heavy atom. The Morgan fingerprint density at radius 3 is 2.59 bits per heavy atom. The number of nitrogens with one attached hydrogen (secondary N) is 2. The maximum atomic E-state index is 5.85. The van der Waals surface area contributed by atoms with Crippen LogP contribution >= 0.6 is 24.0 Å². The van der Waals surface area contributed by atoms with Gasteiger partial charge in [0.1, 0.15) is 18.1 Å². The molecule has 0 aliphatic carbocycles. The maximum absolute atomic E-state index is 5.85. The van der Waals surface area contributed by atoms with Gasteiger partial charge in [0, 0.05) is 30.9 Å². The second kappa shape index (κ2) is 12.6. The largest absolute Gasteiger partial charge is 0.443 e. The number of oxazole rings is 1. The number of rotatable bonds is 9. The van der Waals surface area contributed by atoms with Crippen LogP contribution in [0, 0.1) is 0 Å². The molecule has 7 nitrogen and oxygen atoms in total. The van der Waals surface area contributed by atoms with Gasteiger partial charge in [0.05, 0.1) is 12.7 Å². The molecule has 1 aromatic carbocycles. The van der Waals surface area contributed by atoms with Crippen LogP contribution in [0.5, 0.6) is 0 Å². The van der Waals surface area contributed by atoms with E-state index in [1.54, 1.807) is 6.20 Å². The number of aryl methyl sites for hydroxylation is 2. The molecular formula is C24H35IN6O. The second-order valence-corrected chi connectivity index (χ2v) is 8.54. The van der Waals surface area contributed by atoms with Crippen molar-refractivity contribution in [1.82, 2.24) is 25.2 Å². The third kappa shape index (κ3) is 7.96. The van der Waals surface area contributed by atoms with Gasteiger partial charge in [-0.15, -0.1) is 24.0 Å². The zero-order valence-corrected chi connectivity index (χ0v) is 21.8. The molecule has 2 N–H and O–H groups in total. The molecule has 0 fully saturated rings. The zero-order valence-electron chi connectivity index (χ0n) is 19.5. The van der Waals surface area contributed by atoms with E-state index in [4.69, 9.17) is 9.41 Å². The number of benzene rings is 1. The Hall–Kier alpha value is -2.36. The average molecular weight is 550 g/mol. The molecule has 0 spiro atoms. The van der Waals surface area contributed by atoms with Gasteiger partial charge in [0.25, 0.3) is 0 Å². The van der Waals surface area contributed by atoms with Crippen molar-refractivity contribution in [1.29, 1.82) is 0 Å². The summed E-state index contributed by atoms with van der Waals surface area (Å²) in [6.07, 6.45) is 7.78. The number of aliphatic imine (C=N–C) groups is 1. The lowest BCUT2D eigenvalue weighted by Crippen LogP contribution is -2.37. The number of guanidine groups is 1. The molecule has 0 saturated carbocycles. The van der Waals surface area contributed by atoms with E-state index in [0.29, 0.717) is 19.0 Å². The van der Waals surface area contributed by atoms with Gasteiger partial charge in [0.2, 0.25) is 5.89 Å². The molecule has 0 bridgehead atoms. The summed E-state index contributed by atoms with van der Waals surface area (Å²) < 4.78 is 8.03. The minimum atomic E-state index is -0.0541. The summed E-state index contributed by atoms with van der Waals surface area (Å²) in [6.45, 7) is 11.1. The van der Waals surface area contributed by atoms with Crippen LogP contribution in [-0.2, 0) is 31.5 Å². The number of aromatic nitrogens is 3. The molecule has 0 atom stereocenters. The second-order valence-electron chi connectivity index (χ2n) is 8.54. The van der Waals surface area contributed by atoms with E-state index < -0.39 is 0 Å². The number of hydrogen-bond donors (Lipinski definition) is 2. The van der Waals surface area contributed by atoms with Crippen molar-refractivity contribution < 1.29 is 4.42 Å². The molecule has 174 valence electrons. The maximum Gasteiger partial charge on any atom is 0.213 e. The van der Waals surface area contributed by atoms with Gasteiger partial charge >= 0.3 is 0 Å². The first-order valence-corrected chi connectivity index (χ1v) is 11.0. The summed E-state index contributed by atoms with van der Waals surface area (Å²) in [5.74, 6) is 3.20. The molecule has 2 heterocycles. The van der Waals surface area contributed by atoms with Gasteiger partial charge in [-0.2, -0.15) is 0 Å². The predicted molar refractivity (Wildman–Crippen MR) is 139 cm³/mol. The van der Waals surface area contributed by atoms with Crippen molar-refractivity contribution in [3.8, 4) is 0 Å². The summed E-state index contributed by atoms with van der Waals surface area (Å²) in [5.41, 5.74) is 1.31. The Labute approximate surface area is 208 Å². The van der Waals surface area contributed by atoms with E-state index in [1.807, 2.05) is 19.3 Å². The first-order chi connectivity index (χ1) is 15.0. The molecule has 3 rings (SSSR count). The average Bonchev–Trinajstić information content (AvgIpc) is 3.40. The van der Waals surface area contributed by atoms with Gasteiger partial charge in [-0.25, -0.2) is 15.0 Å². The number of hydrogen-bond acceptors (Lipinski definition) is 4. The number of nitrogens with zero attached hydrogens (tertiary/aromatic N) is 4. The number of imidazole rings is 1. The molecule has 32 heavy (non-hydrogen) atoms. The van der Waals surface area contributed by atoms with Crippen LogP contribution in [0.1, 0.15) is 57.2 Å². The van der Waals surface area contributed by atoms with Crippen LogP contribution < -0.4 is 10.6 Å². The summed E-state index contributed by atoms with van der Waals surface area (Å²) >= 11 is 0. The Balaban J connectivity index is 0.00000363. The van der Waals surface area contributed by atoms with Crippen molar-refractivity contribution in [3.63, 3.8) is 0 Å². The lowest BCUT2D eigenvalue weighted by atomic mass is 9.94. The van der Waals surface area contributed by atoms with E-state index >= 15 is 0 Å². The first kappa shape index (κ1) is 25.9. The molecule has 3 aromatic rings. The summed E-state index contributed by atoms with van der Waals surface area (Å²) in [7, 11) is 0. The monoisotopic (exact) mass is 550 g/mol. The third-order valence-corrected chi connectivity index (χ3v) is 4.93. The van der Waals surface area contributed by atoms with Gasteiger partial charge in [-0.3, -0.25) is 0 Å². The molecule has 0 saturated heterocycles. The molecule has 0 aliphatic heterocycles. The highest BCUT2D eigenvalue weighted by Gasteiger charge is 2.19. The van der Waals surface area contributed by atoms with Crippen LogP contribution in [-0.4, -0.2) is 27.0 Å². The minimum Gasteiger partial charge on any atom is -0.443 e. The highest BCUT2D eigenvalue weighted by atomic mass is 127. The Kier molecular flexibility index (Phi) is 10.2. The SMILES string of the molecule is CCNC(=NCc1nccn1CCCc1ccccc1)NCc1ncc(C(C)(C)C)o1.I. The Morgan fingerprint density at radius 1 is 1.12 bits per heavy atom. The van der Waals surface area contributed by atoms with E-state index in [-0.39, 0.29) is 29.4 Å². The van der Waals surface area contributed by atoms with Crippen LogP contribution in [0.25, 0.3) is 0 Å². The van der Waals surface area contributed by atoms with Crippen LogP contribution in [0.3, 0.4) is 0 Å². The normalized spacial score (nSPS) is 11.8. The minimum absolute atomic E-state index is 0. The fraction of sp³-hybridized carbons (Fsp3) is 0.458. The smallest absolute Gasteiger partial charge is 0.213 e. The molecule has 0 unspecified atom stereocenters. The van der Waals surface area contributed by atoms with Crippen molar-refractivity contribution in [2.24, 2.45) is 4.99 Å². The lowest BCUT2D eigenvalue weighted by Gasteiger charge is -2.13. The molecule has 8 heteroatoms. The lowest BCUT2D eigenvalue weighted by molar-refractivity contribution is 0.379. The summed E-state index contributed by atoms with van der Waals surface area (Å²) in [6, 6.07) is 10.6. The summed E-state index contributed by atoms with van der Waals surface area (Å²) in [4.78, 5) is 13.6. The van der Waals surface area contributed by atoms with Gasteiger partial charge < -0.3 is 19.6 Å². The molecular weight excluding hydrogens is 515 g/mol. The molecule has 2 aromatic heterocycles. The van der Waals surface area contributed by atoms with E-state index in [1.165, 1.54) is 5.56 Å². The summed E-state index contributed by atoms with van der Waals surface area (Å²) in [5, 5.41) is 6.56. The van der Waals surface area contributed by atoms with Crippen molar-refractivity contribution in [2.75, 3.05) is 6.54 Å². The standard InChI is InChI=1S/C24H34N6O.HI/c1-5-25-23(29-18-22-27-16-20(31-22)24(2,3)4)28-17-21-26-13-15-30(21)14-9-12-19-10-7-6-8-11-19;/h6-8,10-11,13,15-16H,5,9,12,14,17-18H2,1-4H3,(H2,25,28,29);1H. The molecule has 0 aliphatic rings. The van der Waals surface area contributed by atoms with Crippen molar-refractivity contribution >= 4 is 29.9 Å². The van der Waals surface area contributed by atoms with Crippen LogP contribution in [0.4, 0.5) is 0 Å². The zero-order chi connectivity index (χ0) is 22.1. The van der Waals surface area contributed by atoms with Gasteiger partial charge in [-0.1, -0.05) is 51.1 Å². The number of halogens is 1. The van der Waals surface area contributed by atoms with Gasteiger partial charge in [0.15, 0.2) is 5.96 Å². The fourth-order valence-corrected chi connectivity index (χ4v) is 3.18. The first-order valence-electron chi connectivity index (χ1n) is 11.0. The van der Waals surface area contributed by atoms with Gasteiger partial charge in [-0.05, 0) is 25.3 Å². The van der Waals surface area contributed by atoms with E-state index in [2.05, 4.69) is 76.3 Å². The van der Waals surface area contributed by atoms with Crippen molar-refractivity contribution in [3.05, 3.63) is 72.0 Å².